The lowest BCUT2D eigenvalue weighted by molar-refractivity contribution is 0.327. The van der Waals surface area contributed by atoms with E-state index in [1.807, 2.05) is 87.2 Å². The molecule has 0 radical (unpaired) electrons. The minimum absolute atomic E-state index is 0.269. The molecule has 0 unspecified atom stereocenters. The van der Waals surface area contributed by atoms with Gasteiger partial charge in [0.2, 0.25) is 11.8 Å². The maximum absolute atomic E-state index is 8.87. The lowest BCUT2D eigenvalue weighted by Crippen LogP contribution is -2.31. The van der Waals surface area contributed by atoms with Gasteiger partial charge in [-0.3, -0.25) is 9.36 Å². The normalized spacial score (nSPS) is 10.9. The third kappa shape index (κ3) is 12.3. The SMILES string of the molecule is CCOc1ncccc1-c1cc(NCc2ccc(OC)cc2)c2c(C(C)C)nn(C)c2n1.CCOc1ncccc1B(O)O.COc1ccc(CNc2cc(Cl)nc3c2c(C(C)C)nn3C)cc1. The Morgan fingerprint density at radius 3 is 1.60 bits per heavy atom. The maximum Gasteiger partial charge on any atom is 0.494 e. The molecule has 0 amide bonds. The predicted octanol–water partition coefficient (Wildman–Crippen LogP) is 8.70. The molecule has 18 heteroatoms. The molecule has 0 aliphatic heterocycles. The number of halogens is 1. The van der Waals surface area contributed by atoms with Gasteiger partial charge in [0.05, 0.1) is 66.5 Å². The summed E-state index contributed by atoms with van der Waals surface area (Å²) in [5, 5.41) is 36.7. The topological polar surface area (TPSA) is 189 Å². The molecule has 0 saturated heterocycles. The second-order valence-electron chi connectivity index (χ2n) is 16.2. The highest BCUT2D eigenvalue weighted by Gasteiger charge is 2.21. The zero-order valence-electron chi connectivity index (χ0n) is 40.3. The summed E-state index contributed by atoms with van der Waals surface area (Å²) in [7, 11) is 5.64. The lowest BCUT2D eigenvalue weighted by Gasteiger charge is -2.14. The molecule has 6 heterocycles. The fraction of sp³-hybridized carbons (Fsp3) is 0.320. The molecule has 0 aliphatic carbocycles. The van der Waals surface area contributed by atoms with Gasteiger partial charge in [-0.2, -0.15) is 10.2 Å². The van der Waals surface area contributed by atoms with Gasteiger partial charge in [-0.05, 0) is 91.4 Å². The van der Waals surface area contributed by atoms with Gasteiger partial charge in [-0.1, -0.05) is 69.6 Å². The van der Waals surface area contributed by atoms with E-state index >= 15 is 0 Å². The molecular weight excluding hydrogens is 883 g/mol. The summed E-state index contributed by atoms with van der Waals surface area (Å²) in [6, 6.07) is 27.0. The number of methoxy groups -OCH3 is 2. The molecule has 0 atom stereocenters. The van der Waals surface area contributed by atoms with Crippen LogP contribution in [0.2, 0.25) is 5.15 Å². The molecule has 6 aromatic heterocycles. The van der Waals surface area contributed by atoms with Crippen LogP contribution in [0.25, 0.3) is 33.3 Å². The predicted molar refractivity (Wildman–Crippen MR) is 270 cm³/mol. The van der Waals surface area contributed by atoms with Crippen LogP contribution >= 0.6 is 11.6 Å². The largest absolute Gasteiger partial charge is 0.497 e. The first-order valence-corrected chi connectivity index (χ1v) is 22.8. The Morgan fingerprint density at radius 1 is 0.647 bits per heavy atom. The summed E-state index contributed by atoms with van der Waals surface area (Å²) in [5.74, 6) is 3.12. The Bertz CT molecular complexity index is 2890. The Hall–Kier alpha value is -6.95. The standard InChI is InChI=1S/C25H29N5O2.C18H21ClN4O.C7H10BNO3/c1-6-32-25-19(8-7-13-26-25)20-14-21(27-15-17-9-11-18(31-5)12-10-17)22-23(16(2)3)29-30(4)24(22)28-20;1-11(2)17-16-14(9-15(19)21-18(16)23(3)22-17)20-10-12-5-7-13(24-4)8-6-12;1-2-12-7-6(8(10)11)4-3-5-9-7/h7-14,16H,6,15H2,1-5H3,(H,27,28);5-9,11H,10H2,1-4H3,(H,20,21);3-5,10-11H,2H2,1H3. The number of aryl methyl sites for hydroxylation is 2. The highest BCUT2D eigenvalue weighted by Crippen LogP contribution is 2.36. The smallest absolute Gasteiger partial charge is 0.494 e. The van der Waals surface area contributed by atoms with E-state index in [0.717, 1.165) is 78.7 Å². The third-order valence-corrected chi connectivity index (χ3v) is 10.9. The monoisotopic (exact) mass is 942 g/mol. The van der Waals surface area contributed by atoms with E-state index in [-0.39, 0.29) is 11.8 Å². The van der Waals surface area contributed by atoms with Gasteiger partial charge in [0, 0.05) is 50.7 Å². The molecule has 356 valence electrons. The van der Waals surface area contributed by atoms with Crippen LogP contribution in [0.5, 0.6) is 23.3 Å². The number of aromatic nitrogens is 8. The Kier molecular flexibility index (Phi) is 17.6. The maximum atomic E-state index is 8.87. The van der Waals surface area contributed by atoms with Crippen LogP contribution in [0, 0.1) is 0 Å². The van der Waals surface area contributed by atoms with Crippen molar-refractivity contribution in [3.8, 4) is 34.5 Å². The number of ether oxygens (including phenoxy) is 4. The minimum Gasteiger partial charge on any atom is -0.497 e. The average Bonchev–Trinajstić information content (AvgIpc) is 3.87. The molecule has 4 N–H and O–H groups in total. The molecule has 68 heavy (non-hydrogen) atoms. The number of hydrogen-bond donors (Lipinski definition) is 4. The first kappa shape index (κ1) is 50.5. The Morgan fingerprint density at radius 2 is 1.12 bits per heavy atom. The molecule has 0 bridgehead atoms. The second-order valence-corrected chi connectivity index (χ2v) is 16.6. The highest BCUT2D eigenvalue weighted by molar-refractivity contribution is 6.59. The van der Waals surface area contributed by atoms with Gasteiger partial charge in [0.25, 0.3) is 0 Å². The summed E-state index contributed by atoms with van der Waals surface area (Å²) >= 11 is 6.20. The van der Waals surface area contributed by atoms with Crippen LogP contribution in [0.15, 0.2) is 97.3 Å². The van der Waals surface area contributed by atoms with Crippen molar-refractivity contribution in [1.29, 1.82) is 0 Å². The zero-order chi connectivity index (χ0) is 48.9. The van der Waals surface area contributed by atoms with E-state index in [1.54, 1.807) is 37.2 Å². The number of rotatable bonds is 16. The number of benzene rings is 2. The molecule has 0 saturated carbocycles. The van der Waals surface area contributed by atoms with E-state index in [4.69, 9.17) is 50.7 Å². The zero-order valence-corrected chi connectivity index (χ0v) is 41.0. The molecule has 8 rings (SSSR count). The van der Waals surface area contributed by atoms with Gasteiger partial charge in [0.15, 0.2) is 11.3 Å². The van der Waals surface area contributed by atoms with Crippen molar-refractivity contribution < 1.29 is 29.0 Å². The highest BCUT2D eigenvalue weighted by atomic mass is 35.5. The fourth-order valence-electron chi connectivity index (χ4n) is 7.33. The number of fused-ring (bicyclic) bond motifs is 2. The molecule has 16 nitrogen and oxygen atoms in total. The summed E-state index contributed by atoms with van der Waals surface area (Å²) in [6.45, 7) is 14.7. The van der Waals surface area contributed by atoms with Crippen molar-refractivity contribution in [2.75, 3.05) is 38.1 Å². The van der Waals surface area contributed by atoms with E-state index in [0.29, 0.717) is 48.7 Å². The van der Waals surface area contributed by atoms with Crippen LogP contribution in [-0.4, -0.2) is 84.1 Å². The first-order valence-electron chi connectivity index (χ1n) is 22.4. The van der Waals surface area contributed by atoms with E-state index in [2.05, 4.69) is 76.6 Å². The van der Waals surface area contributed by atoms with E-state index in [9.17, 15) is 0 Å². The number of nitrogens with one attached hydrogen (secondary N) is 2. The van der Waals surface area contributed by atoms with Crippen molar-refractivity contribution in [3.63, 3.8) is 0 Å². The van der Waals surface area contributed by atoms with Gasteiger partial charge >= 0.3 is 7.12 Å². The first-order chi connectivity index (χ1) is 32.8. The van der Waals surface area contributed by atoms with Crippen molar-refractivity contribution in [1.82, 2.24) is 39.5 Å². The Labute approximate surface area is 402 Å². The average molecular weight is 943 g/mol. The van der Waals surface area contributed by atoms with E-state index in [1.165, 1.54) is 6.20 Å². The molecule has 0 fully saturated rings. The van der Waals surface area contributed by atoms with Gasteiger partial charge < -0.3 is 39.6 Å². The molecular formula is C50H60BClN10O6. The Balaban J connectivity index is 0.000000185. The quantitative estimate of drug-likeness (QED) is 0.0532. The molecule has 2 aromatic carbocycles. The van der Waals surface area contributed by atoms with Gasteiger partial charge in [-0.15, -0.1) is 0 Å². The number of hydrogen-bond acceptors (Lipinski definition) is 14. The van der Waals surface area contributed by atoms with Crippen molar-refractivity contribution >= 4 is 57.6 Å². The molecule has 0 spiro atoms. The van der Waals surface area contributed by atoms with Gasteiger partial charge in [0.1, 0.15) is 16.7 Å². The fourth-order valence-corrected chi connectivity index (χ4v) is 7.51. The second kappa shape index (κ2) is 23.7. The van der Waals surface area contributed by atoms with Crippen LogP contribution < -0.4 is 35.0 Å². The molecule has 8 aromatic rings. The lowest BCUT2D eigenvalue weighted by atomic mass is 9.81. The number of anilines is 2. The van der Waals surface area contributed by atoms with Crippen molar-refractivity contribution in [2.24, 2.45) is 14.1 Å². The summed E-state index contributed by atoms with van der Waals surface area (Å²) in [5.41, 5.74) is 9.87. The third-order valence-electron chi connectivity index (χ3n) is 10.7. The number of pyridine rings is 4. The summed E-state index contributed by atoms with van der Waals surface area (Å²) in [4.78, 5) is 17.6. The van der Waals surface area contributed by atoms with Crippen molar-refractivity contribution in [2.45, 2.75) is 66.5 Å². The van der Waals surface area contributed by atoms with Gasteiger partial charge in [-0.25, -0.2) is 19.9 Å². The van der Waals surface area contributed by atoms with Crippen LogP contribution in [0.4, 0.5) is 11.4 Å². The summed E-state index contributed by atoms with van der Waals surface area (Å²) < 4.78 is 24.9. The summed E-state index contributed by atoms with van der Waals surface area (Å²) in [6.07, 6.45) is 3.27. The van der Waals surface area contributed by atoms with Crippen LogP contribution in [0.1, 0.15) is 75.9 Å². The number of nitrogens with zero attached hydrogens (tertiary/aromatic N) is 8. The van der Waals surface area contributed by atoms with Crippen LogP contribution in [0.3, 0.4) is 0 Å². The van der Waals surface area contributed by atoms with Crippen molar-refractivity contribution in [3.05, 3.63) is 125 Å². The molecule has 0 aliphatic rings. The van der Waals surface area contributed by atoms with E-state index < -0.39 is 7.12 Å². The minimum atomic E-state index is -1.53. The van der Waals surface area contributed by atoms with Crippen LogP contribution in [-0.2, 0) is 27.2 Å².